The number of anilines is 1. The highest BCUT2D eigenvalue weighted by Gasteiger charge is 2.36. The van der Waals surface area contributed by atoms with Crippen molar-refractivity contribution in [2.45, 2.75) is 32.1 Å². The SMILES string of the molecule is CCCCOc1cccc([C@@H]2NC(=O)c3sc4nc(C(F)(F)F)cc(-c5cccs5)c4c3N2)c1. The molecule has 3 aromatic heterocycles. The smallest absolute Gasteiger partial charge is 0.433 e. The number of thiophene rings is 2. The third-order valence-electron chi connectivity index (χ3n) is 5.47. The van der Waals surface area contributed by atoms with Gasteiger partial charge in [0.2, 0.25) is 0 Å². The number of carbonyl (C=O) groups excluding carboxylic acids is 1. The Morgan fingerprint density at radius 1 is 1.15 bits per heavy atom. The summed E-state index contributed by atoms with van der Waals surface area (Å²) in [5.41, 5.74) is 0.707. The number of pyridine rings is 1. The monoisotopic (exact) mass is 503 g/mol. The molecule has 0 fully saturated rings. The van der Waals surface area contributed by atoms with Gasteiger partial charge in [0.15, 0.2) is 0 Å². The van der Waals surface area contributed by atoms with Crippen molar-refractivity contribution in [2.24, 2.45) is 0 Å². The number of nitrogens with zero attached hydrogens (tertiary/aromatic N) is 1. The van der Waals surface area contributed by atoms with Crippen LogP contribution in [0.3, 0.4) is 0 Å². The first kappa shape index (κ1) is 22.7. The summed E-state index contributed by atoms with van der Waals surface area (Å²) in [7, 11) is 0. The van der Waals surface area contributed by atoms with Gasteiger partial charge in [-0.05, 0) is 41.6 Å². The quantitative estimate of drug-likeness (QED) is 0.276. The number of ether oxygens (including phenoxy) is 1. The Labute approximate surface area is 201 Å². The first-order chi connectivity index (χ1) is 16.3. The summed E-state index contributed by atoms with van der Waals surface area (Å²) < 4.78 is 46.5. The highest BCUT2D eigenvalue weighted by molar-refractivity contribution is 7.21. The molecular formula is C24H20F3N3O2S2. The lowest BCUT2D eigenvalue weighted by molar-refractivity contribution is -0.140. The summed E-state index contributed by atoms with van der Waals surface area (Å²) in [5.74, 6) is 0.337. The molecule has 1 aliphatic heterocycles. The molecule has 0 saturated carbocycles. The molecule has 34 heavy (non-hydrogen) atoms. The van der Waals surface area contributed by atoms with Gasteiger partial charge in [0.05, 0.1) is 12.3 Å². The van der Waals surface area contributed by atoms with Crippen molar-refractivity contribution < 1.29 is 22.7 Å². The van der Waals surface area contributed by atoms with E-state index in [4.69, 9.17) is 4.74 Å². The van der Waals surface area contributed by atoms with E-state index in [1.807, 2.05) is 24.3 Å². The maximum absolute atomic E-state index is 13.6. The number of halogens is 3. The zero-order chi connectivity index (χ0) is 23.9. The maximum atomic E-state index is 13.6. The second-order valence-electron chi connectivity index (χ2n) is 7.84. The summed E-state index contributed by atoms with van der Waals surface area (Å²) in [5, 5.41) is 8.55. The van der Waals surface area contributed by atoms with Crippen molar-refractivity contribution in [2.75, 3.05) is 11.9 Å². The molecule has 0 spiro atoms. The van der Waals surface area contributed by atoms with Crippen LogP contribution in [0.25, 0.3) is 20.7 Å². The van der Waals surface area contributed by atoms with Crippen LogP contribution < -0.4 is 15.4 Å². The second-order valence-corrected chi connectivity index (χ2v) is 9.79. The second kappa shape index (κ2) is 8.92. The van der Waals surface area contributed by atoms with E-state index in [0.29, 0.717) is 38.7 Å². The number of hydrogen-bond acceptors (Lipinski definition) is 6. The molecule has 5 rings (SSSR count). The molecule has 176 valence electrons. The van der Waals surface area contributed by atoms with Crippen molar-refractivity contribution in [1.29, 1.82) is 0 Å². The summed E-state index contributed by atoms with van der Waals surface area (Å²) >= 11 is 2.30. The number of rotatable bonds is 6. The van der Waals surface area contributed by atoms with Gasteiger partial charge in [0.1, 0.15) is 27.3 Å². The van der Waals surface area contributed by atoms with Gasteiger partial charge in [0.25, 0.3) is 5.91 Å². The minimum Gasteiger partial charge on any atom is -0.494 e. The van der Waals surface area contributed by atoms with Crippen LogP contribution >= 0.6 is 22.7 Å². The Kier molecular flexibility index (Phi) is 5.95. The predicted octanol–water partition coefficient (Wildman–Crippen LogP) is 7.08. The van der Waals surface area contributed by atoms with Gasteiger partial charge in [-0.25, -0.2) is 4.98 Å². The van der Waals surface area contributed by atoms with Crippen LogP contribution in [-0.2, 0) is 6.18 Å². The first-order valence-electron chi connectivity index (χ1n) is 10.7. The van der Waals surface area contributed by atoms with Gasteiger partial charge < -0.3 is 15.4 Å². The molecule has 0 radical (unpaired) electrons. The Morgan fingerprint density at radius 3 is 2.74 bits per heavy atom. The van der Waals surface area contributed by atoms with Gasteiger partial charge in [-0.1, -0.05) is 31.5 Å². The molecule has 0 bridgehead atoms. The summed E-state index contributed by atoms with van der Waals surface area (Å²) in [4.78, 5) is 18.0. The Hall–Kier alpha value is -3.11. The van der Waals surface area contributed by atoms with E-state index in [0.717, 1.165) is 35.8 Å². The Bertz CT molecular complexity index is 1350. The molecule has 1 aromatic carbocycles. The molecule has 0 unspecified atom stereocenters. The normalized spacial score (nSPS) is 15.6. The minimum atomic E-state index is -4.60. The molecule has 10 heteroatoms. The lowest BCUT2D eigenvalue weighted by atomic mass is 10.0. The molecule has 0 saturated heterocycles. The van der Waals surface area contributed by atoms with Crippen LogP contribution in [-0.4, -0.2) is 17.5 Å². The fraction of sp³-hybridized carbons (Fsp3) is 0.250. The van der Waals surface area contributed by atoms with Gasteiger partial charge in [-0.2, -0.15) is 13.2 Å². The standard InChI is InChI=1S/C24H20F3N3O2S2/c1-2-3-9-32-14-7-4-6-13(11-14)21-29-19-18-15(16-8-5-10-33-16)12-17(24(25,26)27)28-23(18)34-20(19)22(31)30-21/h4-8,10-12,21,29H,2-3,9H2,1H3,(H,30,31)/t21-/m0/s1. The van der Waals surface area contributed by atoms with Gasteiger partial charge in [0, 0.05) is 15.8 Å². The van der Waals surface area contributed by atoms with E-state index < -0.39 is 18.0 Å². The number of alkyl halides is 3. The van der Waals surface area contributed by atoms with Gasteiger partial charge >= 0.3 is 6.18 Å². The highest BCUT2D eigenvalue weighted by Crippen LogP contribution is 2.46. The van der Waals surface area contributed by atoms with E-state index in [-0.39, 0.29) is 10.7 Å². The number of benzene rings is 1. The Balaban J connectivity index is 1.59. The van der Waals surface area contributed by atoms with E-state index in [9.17, 15) is 18.0 Å². The van der Waals surface area contributed by atoms with Crippen LogP contribution in [0.5, 0.6) is 5.75 Å². The predicted molar refractivity (Wildman–Crippen MR) is 129 cm³/mol. The van der Waals surface area contributed by atoms with Crippen LogP contribution in [0, 0.1) is 0 Å². The van der Waals surface area contributed by atoms with E-state index in [1.54, 1.807) is 17.5 Å². The average molecular weight is 504 g/mol. The average Bonchev–Trinajstić information content (AvgIpc) is 3.47. The fourth-order valence-corrected chi connectivity index (χ4v) is 5.64. The van der Waals surface area contributed by atoms with Crippen molar-refractivity contribution >= 4 is 44.5 Å². The number of unbranched alkanes of at least 4 members (excludes halogenated alkanes) is 1. The number of nitrogens with one attached hydrogen (secondary N) is 2. The molecule has 2 N–H and O–H groups in total. The lowest BCUT2D eigenvalue weighted by Gasteiger charge is -2.27. The molecule has 1 atom stereocenters. The largest absolute Gasteiger partial charge is 0.494 e. The zero-order valence-electron chi connectivity index (χ0n) is 18.0. The maximum Gasteiger partial charge on any atom is 0.433 e. The van der Waals surface area contributed by atoms with Crippen LogP contribution in [0.15, 0.2) is 47.8 Å². The van der Waals surface area contributed by atoms with Crippen LogP contribution in [0.2, 0.25) is 0 Å². The molecule has 1 amide bonds. The van der Waals surface area contributed by atoms with Crippen molar-refractivity contribution in [3.05, 3.63) is 64.0 Å². The number of amides is 1. The molecular weight excluding hydrogens is 483 g/mol. The summed E-state index contributed by atoms with van der Waals surface area (Å²) in [6.07, 6.45) is -3.21. The third kappa shape index (κ3) is 4.23. The third-order valence-corrected chi connectivity index (χ3v) is 7.45. The molecule has 5 nitrogen and oxygen atoms in total. The summed E-state index contributed by atoms with van der Waals surface area (Å²) in [6, 6.07) is 12.0. The molecule has 0 aliphatic carbocycles. The molecule has 1 aliphatic rings. The summed E-state index contributed by atoms with van der Waals surface area (Å²) in [6.45, 7) is 2.68. The van der Waals surface area contributed by atoms with Crippen molar-refractivity contribution in [3.63, 3.8) is 0 Å². The Morgan fingerprint density at radius 2 is 2.00 bits per heavy atom. The first-order valence-corrected chi connectivity index (χ1v) is 12.4. The molecule has 4 aromatic rings. The number of fused-ring (bicyclic) bond motifs is 3. The number of carbonyl (C=O) groups is 1. The van der Waals surface area contributed by atoms with E-state index in [1.165, 1.54) is 11.3 Å². The topological polar surface area (TPSA) is 63.2 Å². The van der Waals surface area contributed by atoms with Crippen LogP contribution in [0.1, 0.15) is 46.9 Å². The highest BCUT2D eigenvalue weighted by atomic mass is 32.1. The minimum absolute atomic E-state index is 0.170. The fourth-order valence-electron chi connectivity index (χ4n) is 3.83. The number of aromatic nitrogens is 1. The zero-order valence-corrected chi connectivity index (χ0v) is 19.7. The van der Waals surface area contributed by atoms with Crippen molar-refractivity contribution in [1.82, 2.24) is 10.3 Å². The molecule has 4 heterocycles. The van der Waals surface area contributed by atoms with Gasteiger partial charge in [-0.3, -0.25) is 4.79 Å². The van der Waals surface area contributed by atoms with Crippen LogP contribution in [0.4, 0.5) is 18.9 Å². The van der Waals surface area contributed by atoms with Crippen molar-refractivity contribution in [3.8, 4) is 16.2 Å². The van der Waals surface area contributed by atoms with Gasteiger partial charge in [-0.15, -0.1) is 22.7 Å². The van der Waals surface area contributed by atoms with E-state index >= 15 is 0 Å². The number of hydrogen-bond donors (Lipinski definition) is 2. The van der Waals surface area contributed by atoms with E-state index in [2.05, 4.69) is 22.5 Å². The lowest BCUT2D eigenvalue weighted by Crippen LogP contribution is -2.37.